The van der Waals surface area contributed by atoms with Crippen LogP contribution in [0.3, 0.4) is 0 Å². The van der Waals surface area contributed by atoms with Gasteiger partial charge in [-0.15, -0.1) is 0 Å². The standard InChI is InChI=1S/C15H15FO4/c1-9-4-5-11(16)14(8-9)19-10(2)12-6-7-13(20-12)15(17)18-3/h4-8,10H,1-3H3. The maximum absolute atomic E-state index is 13.6. The Kier molecular flexibility index (Phi) is 4.08. The van der Waals surface area contributed by atoms with Crippen LogP contribution >= 0.6 is 0 Å². The third-order valence-corrected chi connectivity index (χ3v) is 2.80. The molecule has 0 aliphatic rings. The van der Waals surface area contributed by atoms with Crippen molar-refractivity contribution >= 4 is 5.97 Å². The predicted octanol–water partition coefficient (Wildman–Crippen LogP) is 3.65. The van der Waals surface area contributed by atoms with E-state index in [0.29, 0.717) is 5.76 Å². The van der Waals surface area contributed by atoms with Crippen LogP contribution in [-0.4, -0.2) is 13.1 Å². The number of ether oxygens (including phenoxy) is 2. The number of carbonyl (C=O) groups excluding carboxylic acids is 1. The lowest BCUT2D eigenvalue weighted by atomic mass is 10.2. The van der Waals surface area contributed by atoms with E-state index >= 15 is 0 Å². The maximum Gasteiger partial charge on any atom is 0.373 e. The molecule has 1 heterocycles. The Morgan fingerprint density at radius 3 is 2.75 bits per heavy atom. The van der Waals surface area contributed by atoms with E-state index in [1.165, 1.54) is 19.2 Å². The molecule has 0 fully saturated rings. The average molecular weight is 278 g/mol. The highest BCUT2D eigenvalue weighted by Gasteiger charge is 2.17. The fourth-order valence-electron chi connectivity index (χ4n) is 1.73. The molecule has 0 bridgehead atoms. The van der Waals surface area contributed by atoms with Crippen LogP contribution in [0.25, 0.3) is 0 Å². The molecule has 4 nitrogen and oxygen atoms in total. The van der Waals surface area contributed by atoms with Gasteiger partial charge >= 0.3 is 5.97 Å². The molecule has 0 aliphatic heterocycles. The molecule has 106 valence electrons. The number of esters is 1. The smallest absolute Gasteiger partial charge is 0.373 e. The van der Waals surface area contributed by atoms with Crippen molar-refractivity contribution in [1.29, 1.82) is 0 Å². The van der Waals surface area contributed by atoms with Crippen LogP contribution in [0.4, 0.5) is 4.39 Å². The van der Waals surface area contributed by atoms with Gasteiger partial charge in [0, 0.05) is 0 Å². The molecule has 2 rings (SSSR count). The third-order valence-electron chi connectivity index (χ3n) is 2.80. The van der Waals surface area contributed by atoms with E-state index in [2.05, 4.69) is 4.74 Å². The van der Waals surface area contributed by atoms with Gasteiger partial charge in [-0.05, 0) is 43.7 Å². The molecule has 0 radical (unpaired) electrons. The summed E-state index contributed by atoms with van der Waals surface area (Å²) >= 11 is 0. The first-order valence-electron chi connectivity index (χ1n) is 6.12. The summed E-state index contributed by atoms with van der Waals surface area (Å²) in [5, 5.41) is 0. The molecule has 1 aromatic heterocycles. The fraction of sp³-hybridized carbons (Fsp3) is 0.267. The Bertz CT molecular complexity index is 618. The molecule has 2 aromatic rings. The van der Waals surface area contributed by atoms with Crippen molar-refractivity contribution in [2.24, 2.45) is 0 Å². The van der Waals surface area contributed by atoms with Crippen LogP contribution in [-0.2, 0) is 4.74 Å². The van der Waals surface area contributed by atoms with Gasteiger partial charge in [-0.3, -0.25) is 0 Å². The number of halogens is 1. The van der Waals surface area contributed by atoms with Crippen molar-refractivity contribution in [3.63, 3.8) is 0 Å². The van der Waals surface area contributed by atoms with Gasteiger partial charge in [0.25, 0.3) is 0 Å². The van der Waals surface area contributed by atoms with Gasteiger partial charge in [0.1, 0.15) is 5.76 Å². The zero-order chi connectivity index (χ0) is 14.7. The second-order valence-electron chi connectivity index (χ2n) is 4.39. The van der Waals surface area contributed by atoms with Gasteiger partial charge in [-0.1, -0.05) is 6.07 Å². The van der Waals surface area contributed by atoms with Crippen molar-refractivity contribution in [2.45, 2.75) is 20.0 Å². The molecule has 1 aromatic carbocycles. The Morgan fingerprint density at radius 2 is 2.05 bits per heavy atom. The molecule has 0 N–H and O–H groups in total. The van der Waals surface area contributed by atoms with Crippen LogP contribution in [0.2, 0.25) is 0 Å². The van der Waals surface area contributed by atoms with Gasteiger partial charge in [0.15, 0.2) is 17.7 Å². The number of furan rings is 1. The Balaban J connectivity index is 2.15. The number of carbonyl (C=O) groups is 1. The van der Waals surface area contributed by atoms with E-state index in [4.69, 9.17) is 9.15 Å². The lowest BCUT2D eigenvalue weighted by Crippen LogP contribution is -2.04. The van der Waals surface area contributed by atoms with E-state index in [9.17, 15) is 9.18 Å². The van der Waals surface area contributed by atoms with Crippen LogP contribution in [0.5, 0.6) is 5.75 Å². The Morgan fingerprint density at radius 1 is 1.30 bits per heavy atom. The first kappa shape index (κ1) is 14.1. The lowest BCUT2D eigenvalue weighted by Gasteiger charge is -2.13. The molecular formula is C15H15FO4. The van der Waals surface area contributed by atoms with E-state index in [1.807, 2.05) is 6.92 Å². The molecule has 0 aliphatic carbocycles. The summed E-state index contributed by atoms with van der Waals surface area (Å²) in [7, 11) is 1.27. The number of methoxy groups -OCH3 is 1. The second kappa shape index (κ2) is 5.77. The van der Waals surface area contributed by atoms with Crippen LogP contribution in [0, 0.1) is 12.7 Å². The zero-order valence-electron chi connectivity index (χ0n) is 11.5. The van der Waals surface area contributed by atoms with Crippen LogP contribution < -0.4 is 4.74 Å². The maximum atomic E-state index is 13.6. The number of hydrogen-bond donors (Lipinski definition) is 0. The summed E-state index contributed by atoms with van der Waals surface area (Å²) < 4.78 is 29.0. The molecule has 0 saturated carbocycles. The Labute approximate surface area is 116 Å². The number of hydrogen-bond acceptors (Lipinski definition) is 4. The van der Waals surface area contributed by atoms with Crippen LogP contribution in [0.15, 0.2) is 34.7 Å². The number of aryl methyl sites for hydroxylation is 1. The normalized spacial score (nSPS) is 12.0. The van der Waals surface area contributed by atoms with Crippen molar-refractivity contribution in [3.05, 3.63) is 53.2 Å². The quantitative estimate of drug-likeness (QED) is 0.801. The number of rotatable bonds is 4. The summed E-state index contributed by atoms with van der Waals surface area (Å²) in [6.45, 7) is 3.56. The minimum atomic E-state index is -0.565. The van der Waals surface area contributed by atoms with E-state index in [0.717, 1.165) is 5.56 Å². The molecule has 0 saturated heterocycles. The summed E-state index contributed by atoms with van der Waals surface area (Å²) in [5.41, 5.74) is 0.892. The summed E-state index contributed by atoms with van der Waals surface area (Å²) in [6, 6.07) is 7.71. The van der Waals surface area contributed by atoms with Gasteiger partial charge in [0.2, 0.25) is 5.76 Å². The molecule has 0 spiro atoms. The van der Waals surface area contributed by atoms with Crippen LogP contribution in [0.1, 0.15) is 34.9 Å². The van der Waals surface area contributed by atoms with E-state index in [-0.39, 0.29) is 11.5 Å². The van der Waals surface area contributed by atoms with Gasteiger partial charge < -0.3 is 13.9 Å². The summed E-state index contributed by atoms with van der Waals surface area (Å²) in [6.07, 6.45) is -0.523. The molecular weight excluding hydrogens is 263 g/mol. The summed E-state index contributed by atoms with van der Waals surface area (Å²) in [4.78, 5) is 11.3. The minimum Gasteiger partial charge on any atom is -0.480 e. The zero-order valence-corrected chi connectivity index (χ0v) is 11.5. The molecule has 20 heavy (non-hydrogen) atoms. The summed E-state index contributed by atoms with van der Waals surface area (Å²) in [5.74, 6) is -0.352. The lowest BCUT2D eigenvalue weighted by molar-refractivity contribution is 0.0558. The first-order valence-corrected chi connectivity index (χ1v) is 6.12. The van der Waals surface area contributed by atoms with E-state index < -0.39 is 17.9 Å². The topological polar surface area (TPSA) is 48.7 Å². The van der Waals surface area contributed by atoms with Crippen molar-refractivity contribution in [2.75, 3.05) is 7.11 Å². The monoisotopic (exact) mass is 278 g/mol. The van der Waals surface area contributed by atoms with Gasteiger partial charge in [0.05, 0.1) is 7.11 Å². The largest absolute Gasteiger partial charge is 0.480 e. The Hall–Kier alpha value is -2.30. The molecule has 5 heteroatoms. The fourth-order valence-corrected chi connectivity index (χ4v) is 1.73. The highest BCUT2D eigenvalue weighted by Crippen LogP contribution is 2.26. The molecule has 0 amide bonds. The predicted molar refractivity (Wildman–Crippen MR) is 70.2 cm³/mol. The minimum absolute atomic E-state index is 0.0858. The highest BCUT2D eigenvalue weighted by molar-refractivity contribution is 5.86. The second-order valence-corrected chi connectivity index (χ2v) is 4.39. The van der Waals surface area contributed by atoms with E-state index in [1.54, 1.807) is 25.1 Å². The van der Waals surface area contributed by atoms with Crippen molar-refractivity contribution in [3.8, 4) is 5.75 Å². The number of benzene rings is 1. The third kappa shape index (κ3) is 2.99. The van der Waals surface area contributed by atoms with Crippen molar-refractivity contribution in [1.82, 2.24) is 0 Å². The van der Waals surface area contributed by atoms with Gasteiger partial charge in [-0.2, -0.15) is 0 Å². The first-order chi connectivity index (χ1) is 9.51. The average Bonchev–Trinajstić information content (AvgIpc) is 2.91. The molecule has 1 unspecified atom stereocenters. The highest BCUT2D eigenvalue weighted by atomic mass is 19.1. The van der Waals surface area contributed by atoms with Gasteiger partial charge in [-0.25, -0.2) is 9.18 Å². The SMILES string of the molecule is COC(=O)c1ccc(C(C)Oc2cc(C)ccc2F)o1. The molecule has 1 atom stereocenters. The van der Waals surface area contributed by atoms with Crippen molar-refractivity contribution < 1.29 is 23.1 Å².